The first-order valence-electron chi connectivity index (χ1n) is 11.9. The normalized spacial score (nSPS) is 16.6. The largest absolute Gasteiger partial charge is 0.371 e. The van der Waals surface area contributed by atoms with Crippen LogP contribution in [0.5, 0.6) is 0 Å². The van der Waals surface area contributed by atoms with Crippen LogP contribution >= 0.6 is 0 Å². The number of pyridine rings is 2. The standard InChI is InChI=1S/C29H30N4/c1-3-23-6-8-24(9-7-23)25-13-18-32(19-14-25)22(2)26-12-15-30-28(20-26)27-10-11-29(31-21-27)33-16-4-5-17-33/h1,6-12,15,20-21,25H,2,4-5,13-14,16-19H2. The summed E-state index contributed by atoms with van der Waals surface area (Å²) in [5, 5.41) is 0. The van der Waals surface area contributed by atoms with Gasteiger partial charge < -0.3 is 9.80 Å². The molecule has 5 rings (SSSR count). The van der Waals surface area contributed by atoms with Crippen LogP contribution in [-0.2, 0) is 0 Å². The minimum Gasteiger partial charge on any atom is -0.371 e. The van der Waals surface area contributed by atoms with E-state index in [2.05, 4.69) is 63.7 Å². The van der Waals surface area contributed by atoms with Crippen LogP contribution in [0.1, 0.15) is 48.3 Å². The topological polar surface area (TPSA) is 32.3 Å². The fourth-order valence-electron chi connectivity index (χ4n) is 4.96. The van der Waals surface area contributed by atoms with E-state index in [-0.39, 0.29) is 0 Å². The molecule has 0 aliphatic carbocycles. The molecule has 2 aliphatic rings. The Hall–Kier alpha value is -3.58. The number of hydrogen-bond acceptors (Lipinski definition) is 4. The van der Waals surface area contributed by atoms with E-state index in [4.69, 9.17) is 11.4 Å². The fourth-order valence-corrected chi connectivity index (χ4v) is 4.96. The second-order valence-corrected chi connectivity index (χ2v) is 9.00. The number of anilines is 1. The quantitative estimate of drug-likeness (QED) is 0.491. The van der Waals surface area contributed by atoms with Gasteiger partial charge in [-0.15, -0.1) is 6.42 Å². The summed E-state index contributed by atoms with van der Waals surface area (Å²) in [5.41, 5.74) is 6.51. The first-order chi connectivity index (χ1) is 16.2. The highest BCUT2D eigenvalue weighted by molar-refractivity contribution is 5.68. The second-order valence-electron chi connectivity index (χ2n) is 9.00. The Morgan fingerprint density at radius 2 is 1.70 bits per heavy atom. The summed E-state index contributed by atoms with van der Waals surface area (Å²) in [6, 6.07) is 16.9. The molecule has 0 unspecified atom stereocenters. The second kappa shape index (κ2) is 9.50. The van der Waals surface area contributed by atoms with Crippen molar-refractivity contribution >= 4 is 11.5 Å². The minimum absolute atomic E-state index is 0.578. The van der Waals surface area contributed by atoms with Crippen LogP contribution in [0.15, 0.2) is 67.5 Å². The van der Waals surface area contributed by atoms with Crippen LogP contribution in [0.3, 0.4) is 0 Å². The van der Waals surface area contributed by atoms with Crippen molar-refractivity contribution in [1.82, 2.24) is 14.9 Å². The highest BCUT2D eigenvalue weighted by Gasteiger charge is 2.22. The van der Waals surface area contributed by atoms with Crippen LogP contribution in [-0.4, -0.2) is 41.0 Å². The predicted octanol–water partition coefficient (Wildman–Crippen LogP) is 5.58. The van der Waals surface area contributed by atoms with Gasteiger partial charge in [-0.2, -0.15) is 0 Å². The Balaban J connectivity index is 1.24. The lowest BCUT2D eigenvalue weighted by Crippen LogP contribution is -2.31. The number of rotatable bonds is 5. The van der Waals surface area contributed by atoms with Crippen LogP contribution < -0.4 is 4.90 Å². The van der Waals surface area contributed by atoms with E-state index in [1.54, 1.807) is 0 Å². The van der Waals surface area contributed by atoms with Gasteiger partial charge in [0.25, 0.3) is 0 Å². The smallest absolute Gasteiger partial charge is 0.128 e. The molecule has 0 N–H and O–H groups in total. The molecule has 2 saturated heterocycles. The van der Waals surface area contributed by atoms with Gasteiger partial charge in [0.2, 0.25) is 0 Å². The maximum absolute atomic E-state index is 5.49. The summed E-state index contributed by atoms with van der Waals surface area (Å²) in [6.07, 6.45) is 14.1. The van der Waals surface area contributed by atoms with Crippen molar-refractivity contribution in [2.45, 2.75) is 31.6 Å². The fraction of sp³-hybridized carbons (Fsp3) is 0.310. The molecule has 0 saturated carbocycles. The van der Waals surface area contributed by atoms with Gasteiger partial charge in [0.05, 0.1) is 5.69 Å². The van der Waals surface area contributed by atoms with Gasteiger partial charge in [0.15, 0.2) is 0 Å². The van der Waals surface area contributed by atoms with E-state index in [0.29, 0.717) is 5.92 Å². The van der Waals surface area contributed by atoms with Crippen molar-refractivity contribution in [1.29, 1.82) is 0 Å². The average Bonchev–Trinajstić information content (AvgIpc) is 3.44. The number of terminal acetylenes is 1. The third-order valence-corrected chi connectivity index (χ3v) is 6.99. The van der Waals surface area contributed by atoms with Crippen molar-refractivity contribution in [3.63, 3.8) is 0 Å². The Bertz CT molecular complexity index is 1140. The van der Waals surface area contributed by atoms with Crippen LogP contribution in [0, 0.1) is 12.3 Å². The molecule has 166 valence electrons. The Kier molecular flexibility index (Phi) is 6.13. The lowest BCUT2D eigenvalue weighted by molar-refractivity contribution is 0.299. The van der Waals surface area contributed by atoms with Gasteiger partial charge in [0, 0.05) is 61.0 Å². The summed E-state index contributed by atoms with van der Waals surface area (Å²) in [4.78, 5) is 14.0. The molecule has 0 amide bonds. The summed E-state index contributed by atoms with van der Waals surface area (Å²) in [7, 11) is 0. The van der Waals surface area contributed by atoms with Crippen molar-refractivity contribution < 1.29 is 0 Å². The summed E-state index contributed by atoms with van der Waals surface area (Å²) in [5.74, 6) is 4.34. The molecule has 4 nitrogen and oxygen atoms in total. The van der Waals surface area contributed by atoms with Gasteiger partial charge in [-0.05, 0) is 73.6 Å². The highest BCUT2D eigenvalue weighted by Crippen LogP contribution is 2.32. The van der Waals surface area contributed by atoms with E-state index >= 15 is 0 Å². The number of nitrogens with zero attached hydrogens (tertiary/aromatic N) is 4. The molecule has 3 aromatic rings. The van der Waals surface area contributed by atoms with E-state index in [0.717, 1.165) is 72.9 Å². The van der Waals surface area contributed by atoms with E-state index < -0.39 is 0 Å². The van der Waals surface area contributed by atoms with E-state index in [1.807, 2.05) is 24.5 Å². The van der Waals surface area contributed by atoms with Crippen molar-refractivity contribution in [2.75, 3.05) is 31.1 Å². The Morgan fingerprint density at radius 1 is 0.939 bits per heavy atom. The van der Waals surface area contributed by atoms with E-state index in [1.165, 1.54) is 18.4 Å². The molecule has 4 heterocycles. The highest BCUT2D eigenvalue weighted by atomic mass is 15.2. The first kappa shape index (κ1) is 21.3. The molecular formula is C29H30N4. The van der Waals surface area contributed by atoms with Gasteiger partial charge in [0.1, 0.15) is 5.82 Å². The predicted molar refractivity (Wildman–Crippen MR) is 136 cm³/mol. The van der Waals surface area contributed by atoms with Crippen LogP contribution in [0.2, 0.25) is 0 Å². The third kappa shape index (κ3) is 4.64. The molecule has 2 aliphatic heterocycles. The molecule has 0 bridgehead atoms. The third-order valence-electron chi connectivity index (χ3n) is 6.99. The number of likely N-dealkylation sites (tertiary alicyclic amines) is 1. The van der Waals surface area contributed by atoms with Gasteiger partial charge in [-0.1, -0.05) is 24.6 Å². The number of aromatic nitrogens is 2. The molecule has 0 atom stereocenters. The van der Waals surface area contributed by atoms with Gasteiger partial charge in [-0.25, -0.2) is 4.98 Å². The zero-order valence-corrected chi connectivity index (χ0v) is 19.1. The SMILES string of the molecule is C#Cc1ccc(C2CCN(C(=C)c3ccnc(-c4ccc(N5CCCC5)nc4)c3)CC2)cc1. The molecule has 4 heteroatoms. The molecule has 2 aromatic heterocycles. The lowest BCUT2D eigenvalue weighted by Gasteiger charge is -2.35. The monoisotopic (exact) mass is 434 g/mol. The van der Waals surface area contributed by atoms with Crippen molar-refractivity contribution in [3.8, 4) is 23.6 Å². The first-order valence-corrected chi connectivity index (χ1v) is 11.9. The van der Waals surface area contributed by atoms with Crippen molar-refractivity contribution in [2.24, 2.45) is 0 Å². The van der Waals surface area contributed by atoms with Crippen LogP contribution in [0.4, 0.5) is 5.82 Å². The summed E-state index contributed by atoms with van der Waals surface area (Å²) >= 11 is 0. The summed E-state index contributed by atoms with van der Waals surface area (Å²) in [6.45, 7) is 8.64. The zero-order chi connectivity index (χ0) is 22.6. The molecule has 0 spiro atoms. The average molecular weight is 435 g/mol. The molecule has 1 aromatic carbocycles. The Morgan fingerprint density at radius 3 is 2.36 bits per heavy atom. The van der Waals surface area contributed by atoms with Gasteiger partial charge >= 0.3 is 0 Å². The van der Waals surface area contributed by atoms with Crippen molar-refractivity contribution in [3.05, 3.63) is 84.2 Å². The Labute approximate surface area is 197 Å². The van der Waals surface area contributed by atoms with Crippen LogP contribution in [0.25, 0.3) is 17.0 Å². The number of piperidine rings is 1. The molecule has 33 heavy (non-hydrogen) atoms. The zero-order valence-electron chi connectivity index (χ0n) is 19.1. The number of hydrogen-bond donors (Lipinski definition) is 0. The molecular weight excluding hydrogens is 404 g/mol. The minimum atomic E-state index is 0.578. The maximum Gasteiger partial charge on any atom is 0.128 e. The van der Waals surface area contributed by atoms with E-state index in [9.17, 15) is 0 Å². The summed E-state index contributed by atoms with van der Waals surface area (Å²) < 4.78 is 0. The lowest BCUT2D eigenvalue weighted by atomic mass is 9.88. The molecule has 2 fully saturated rings. The maximum atomic E-state index is 5.49. The van der Waals surface area contributed by atoms with Gasteiger partial charge in [-0.3, -0.25) is 4.98 Å². The number of benzene rings is 1. The molecule has 0 radical (unpaired) electrons.